The Hall–Kier alpha value is -2.53. The summed E-state index contributed by atoms with van der Waals surface area (Å²) in [5.41, 5.74) is 0.961. The summed E-state index contributed by atoms with van der Waals surface area (Å²) in [4.78, 5) is 2.51. The first-order valence-corrected chi connectivity index (χ1v) is 9.67. The largest absolute Gasteiger partial charge is 0.493 e. The van der Waals surface area contributed by atoms with Gasteiger partial charge in [-0.3, -0.25) is 0 Å². The van der Waals surface area contributed by atoms with E-state index in [1.165, 1.54) is 5.39 Å². The van der Waals surface area contributed by atoms with Gasteiger partial charge in [-0.05, 0) is 56.6 Å². The predicted octanol–water partition coefficient (Wildman–Crippen LogP) is 4.48. The molecule has 0 N–H and O–H groups in total. The van der Waals surface area contributed by atoms with Crippen molar-refractivity contribution in [3.8, 4) is 11.5 Å². The number of piperidine rings is 1. The highest BCUT2D eigenvalue weighted by atomic mass is 16.5. The van der Waals surface area contributed by atoms with Gasteiger partial charge in [0.2, 0.25) is 0 Å². The number of likely N-dealkylation sites (tertiary alicyclic amines) is 1. The molecule has 0 amide bonds. The van der Waals surface area contributed by atoms with E-state index < -0.39 is 0 Å². The average Bonchev–Trinajstić information content (AvgIpc) is 3.16. The fourth-order valence-electron chi connectivity index (χ4n) is 3.83. The maximum atomic E-state index is 5.87. The number of benzene rings is 2. The van der Waals surface area contributed by atoms with E-state index in [4.69, 9.17) is 14.0 Å². The number of nitrogens with zero attached hydrogens (tertiary/aromatic N) is 2. The molecule has 4 rings (SSSR count). The second-order valence-corrected chi connectivity index (χ2v) is 7.03. The zero-order valence-electron chi connectivity index (χ0n) is 15.8. The number of hydrogen-bond donors (Lipinski definition) is 0. The van der Waals surface area contributed by atoms with E-state index in [9.17, 15) is 0 Å². The van der Waals surface area contributed by atoms with Crippen LogP contribution in [0.2, 0.25) is 0 Å². The van der Waals surface area contributed by atoms with E-state index in [0.29, 0.717) is 12.5 Å². The molecular formula is C22H26N2O3. The van der Waals surface area contributed by atoms with E-state index in [1.54, 1.807) is 7.11 Å². The SMILES string of the molecule is COc1ccccc1OCCCN1CCC(c2onc3ccccc23)CC1. The molecule has 2 heterocycles. The normalized spacial score (nSPS) is 15.9. The maximum absolute atomic E-state index is 5.87. The van der Waals surface area contributed by atoms with Crippen LogP contribution in [-0.2, 0) is 0 Å². The molecule has 0 atom stereocenters. The Morgan fingerprint density at radius 2 is 1.78 bits per heavy atom. The molecule has 5 heteroatoms. The van der Waals surface area contributed by atoms with Crippen molar-refractivity contribution >= 4 is 10.9 Å². The molecule has 1 aliphatic rings. The molecule has 2 aromatic carbocycles. The van der Waals surface area contributed by atoms with E-state index in [1.807, 2.05) is 36.4 Å². The summed E-state index contributed by atoms with van der Waals surface area (Å²) < 4.78 is 16.9. The monoisotopic (exact) mass is 366 g/mol. The topological polar surface area (TPSA) is 47.7 Å². The minimum absolute atomic E-state index is 0.471. The Morgan fingerprint density at radius 3 is 2.59 bits per heavy atom. The van der Waals surface area contributed by atoms with Crippen LogP contribution in [-0.4, -0.2) is 43.4 Å². The van der Waals surface area contributed by atoms with Crippen LogP contribution in [0.4, 0.5) is 0 Å². The third-order valence-electron chi connectivity index (χ3n) is 5.32. The van der Waals surface area contributed by atoms with Gasteiger partial charge < -0.3 is 18.9 Å². The van der Waals surface area contributed by atoms with Crippen molar-refractivity contribution in [2.75, 3.05) is 33.4 Å². The second kappa shape index (κ2) is 8.44. The second-order valence-electron chi connectivity index (χ2n) is 7.03. The summed E-state index contributed by atoms with van der Waals surface area (Å²) in [5.74, 6) is 3.14. The summed E-state index contributed by atoms with van der Waals surface area (Å²) >= 11 is 0. The van der Waals surface area contributed by atoms with Gasteiger partial charge in [-0.1, -0.05) is 29.4 Å². The Kier molecular flexibility index (Phi) is 5.58. The number of aromatic nitrogens is 1. The summed E-state index contributed by atoms with van der Waals surface area (Å²) in [6.07, 6.45) is 3.24. The summed E-state index contributed by atoms with van der Waals surface area (Å²) in [7, 11) is 1.67. The maximum Gasteiger partial charge on any atom is 0.161 e. The van der Waals surface area contributed by atoms with Crippen LogP contribution in [0.5, 0.6) is 11.5 Å². The fraction of sp³-hybridized carbons (Fsp3) is 0.409. The highest BCUT2D eigenvalue weighted by molar-refractivity contribution is 5.80. The Morgan fingerprint density at radius 1 is 1.04 bits per heavy atom. The Labute approximate surface area is 159 Å². The zero-order valence-corrected chi connectivity index (χ0v) is 15.8. The zero-order chi connectivity index (χ0) is 18.5. The molecule has 0 saturated carbocycles. The molecule has 1 saturated heterocycles. The van der Waals surface area contributed by atoms with Gasteiger partial charge in [0.25, 0.3) is 0 Å². The number of rotatable bonds is 7. The quantitative estimate of drug-likeness (QED) is 0.577. The number of ether oxygens (including phenoxy) is 2. The predicted molar refractivity (Wildman–Crippen MR) is 106 cm³/mol. The van der Waals surface area contributed by atoms with Gasteiger partial charge in [0.1, 0.15) is 11.3 Å². The van der Waals surface area contributed by atoms with Gasteiger partial charge in [-0.2, -0.15) is 0 Å². The van der Waals surface area contributed by atoms with Crippen LogP contribution >= 0.6 is 0 Å². The molecule has 0 unspecified atom stereocenters. The van der Waals surface area contributed by atoms with Crippen LogP contribution in [0, 0.1) is 0 Å². The van der Waals surface area contributed by atoms with E-state index in [-0.39, 0.29) is 0 Å². The van der Waals surface area contributed by atoms with Gasteiger partial charge in [0.15, 0.2) is 11.5 Å². The van der Waals surface area contributed by atoms with E-state index >= 15 is 0 Å². The number of hydrogen-bond acceptors (Lipinski definition) is 5. The van der Waals surface area contributed by atoms with Crippen molar-refractivity contribution in [1.29, 1.82) is 0 Å². The van der Waals surface area contributed by atoms with Gasteiger partial charge in [0, 0.05) is 17.8 Å². The first-order valence-electron chi connectivity index (χ1n) is 9.67. The summed E-state index contributed by atoms with van der Waals surface area (Å²) in [5, 5.41) is 5.37. The van der Waals surface area contributed by atoms with Gasteiger partial charge in [-0.15, -0.1) is 0 Å². The lowest BCUT2D eigenvalue weighted by molar-refractivity contribution is 0.181. The average molecular weight is 366 g/mol. The molecular weight excluding hydrogens is 340 g/mol. The lowest BCUT2D eigenvalue weighted by Crippen LogP contribution is -2.34. The van der Waals surface area contributed by atoms with Crippen LogP contribution in [0.15, 0.2) is 53.1 Å². The lowest BCUT2D eigenvalue weighted by atomic mass is 9.92. The van der Waals surface area contributed by atoms with Gasteiger partial charge in [0.05, 0.1) is 13.7 Å². The molecule has 1 aliphatic heterocycles. The molecule has 27 heavy (non-hydrogen) atoms. The molecule has 0 bridgehead atoms. The van der Waals surface area contributed by atoms with E-state index in [0.717, 1.165) is 61.7 Å². The van der Waals surface area contributed by atoms with Crippen molar-refractivity contribution in [2.24, 2.45) is 0 Å². The van der Waals surface area contributed by atoms with Crippen LogP contribution in [0.3, 0.4) is 0 Å². The Balaban J connectivity index is 1.23. The van der Waals surface area contributed by atoms with Gasteiger partial charge >= 0.3 is 0 Å². The van der Waals surface area contributed by atoms with Crippen molar-refractivity contribution < 1.29 is 14.0 Å². The lowest BCUT2D eigenvalue weighted by Gasteiger charge is -2.30. The molecule has 1 fully saturated rings. The van der Waals surface area contributed by atoms with Crippen molar-refractivity contribution in [1.82, 2.24) is 10.1 Å². The molecule has 0 radical (unpaired) electrons. The molecule has 3 aromatic rings. The fourth-order valence-corrected chi connectivity index (χ4v) is 3.83. The van der Waals surface area contributed by atoms with Crippen molar-refractivity contribution in [3.63, 3.8) is 0 Å². The minimum Gasteiger partial charge on any atom is -0.493 e. The molecule has 0 aliphatic carbocycles. The van der Waals surface area contributed by atoms with Crippen LogP contribution in [0.1, 0.15) is 30.9 Å². The van der Waals surface area contributed by atoms with Crippen LogP contribution in [0.25, 0.3) is 10.9 Å². The molecule has 1 aromatic heterocycles. The first-order chi connectivity index (χ1) is 13.3. The number of fused-ring (bicyclic) bond motifs is 1. The first kappa shape index (κ1) is 17.9. The molecule has 0 spiro atoms. The highest BCUT2D eigenvalue weighted by Crippen LogP contribution is 2.33. The summed E-state index contributed by atoms with van der Waals surface area (Å²) in [6, 6.07) is 16.0. The molecule has 142 valence electrons. The van der Waals surface area contributed by atoms with Crippen molar-refractivity contribution in [3.05, 3.63) is 54.3 Å². The minimum atomic E-state index is 0.471. The third-order valence-corrected chi connectivity index (χ3v) is 5.32. The van der Waals surface area contributed by atoms with Crippen LogP contribution < -0.4 is 9.47 Å². The van der Waals surface area contributed by atoms with Gasteiger partial charge in [-0.25, -0.2) is 0 Å². The number of methoxy groups -OCH3 is 1. The smallest absolute Gasteiger partial charge is 0.161 e. The Bertz CT molecular complexity index is 869. The summed E-state index contributed by atoms with van der Waals surface area (Å²) in [6.45, 7) is 3.94. The standard InChI is InChI=1S/C22H26N2O3/c1-25-20-9-4-5-10-21(20)26-16-6-13-24-14-11-17(12-15-24)22-18-7-2-3-8-19(18)23-27-22/h2-5,7-10,17H,6,11-16H2,1H3. The van der Waals surface area contributed by atoms with Crippen molar-refractivity contribution in [2.45, 2.75) is 25.2 Å². The highest BCUT2D eigenvalue weighted by Gasteiger charge is 2.25. The molecule has 5 nitrogen and oxygen atoms in total. The third kappa shape index (κ3) is 4.08. The van der Waals surface area contributed by atoms with E-state index in [2.05, 4.69) is 22.2 Å². The number of para-hydroxylation sites is 2.